The number of carbonyl (C=O) groups excluding carboxylic acids is 1. The molecular weight excluding hydrogens is 377 g/mol. The molecule has 1 aliphatic rings. The van der Waals surface area contributed by atoms with Crippen LogP contribution in [0, 0.1) is 11.3 Å². The molecule has 0 bridgehead atoms. The lowest BCUT2D eigenvalue weighted by Crippen LogP contribution is -2.40. The van der Waals surface area contributed by atoms with Crippen LogP contribution in [0.5, 0.6) is 5.75 Å². The highest BCUT2D eigenvalue weighted by Gasteiger charge is 2.35. The van der Waals surface area contributed by atoms with Gasteiger partial charge in [0.15, 0.2) is 5.69 Å². The Kier molecular flexibility index (Phi) is 5.67. The summed E-state index contributed by atoms with van der Waals surface area (Å²) in [5.41, 5.74) is -1.81. The van der Waals surface area contributed by atoms with Gasteiger partial charge in [-0.1, -0.05) is 0 Å². The van der Waals surface area contributed by atoms with Crippen molar-refractivity contribution in [2.24, 2.45) is 0 Å². The van der Waals surface area contributed by atoms with E-state index in [0.29, 0.717) is 25.7 Å². The molecule has 0 aliphatic heterocycles. The monoisotopic (exact) mass is 392 g/mol. The van der Waals surface area contributed by atoms with Gasteiger partial charge in [0.1, 0.15) is 11.8 Å². The third-order valence-corrected chi connectivity index (χ3v) is 4.27. The van der Waals surface area contributed by atoms with Crippen LogP contribution < -0.4 is 10.1 Å². The number of ether oxygens (including phenoxy) is 1. The number of nitriles is 1. The average molecular weight is 392 g/mol. The summed E-state index contributed by atoms with van der Waals surface area (Å²) in [6, 6.07) is 2.11. The topological polar surface area (TPSA) is 114 Å². The average Bonchev–Trinajstić information content (AvgIpc) is 2.69. The lowest BCUT2D eigenvalue weighted by molar-refractivity contribution is -0.138. The van der Waals surface area contributed by atoms with Crippen LogP contribution in [-0.4, -0.2) is 38.2 Å². The Morgan fingerprint density at radius 3 is 2.57 bits per heavy atom. The Morgan fingerprint density at radius 2 is 1.96 bits per heavy atom. The maximum atomic E-state index is 13.0. The maximum absolute atomic E-state index is 13.0. The first-order valence-electron chi connectivity index (χ1n) is 8.45. The number of pyridine rings is 1. The molecule has 2 aromatic rings. The van der Waals surface area contributed by atoms with Crippen LogP contribution in [0.4, 0.5) is 13.2 Å². The Balaban J connectivity index is 1.56. The molecule has 1 amide bonds. The number of rotatable bonds is 4. The van der Waals surface area contributed by atoms with Crippen LogP contribution in [0.3, 0.4) is 0 Å². The first kappa shape index (κ1) is 19.5. The zero-order valence-corrected chi connectivity index (χ0v) is 14.5. The SMILES string of the molecule is N#Cc1ncc(OC2CCC(NC(=O)c3nccnn3)CC2)cc1C(F)(F)F. The molecule has 3 rings (SSSR count). The highest BCUT2D eigenvalue weighted by atomic mass is 19.4. The van der Waals surface area contributed by atoms with Gasteiger partial charge < -0.3 is 10.1 Å². The molecule has 1 saturated carbocycles. The largest absolute Gasteiger partial charge is 0.489 e. The minimum Gasteiger partial charge on any atom is -0.489 e. The molecule has 0 aromatic carbocycles. The predicted octanol–water partition coefficient (Wildman–Crippen LogP) is 2.28. The van der Waals surface area contributed by atoms with Gasteiger partial charge >= 0.3 is 6.18 Å². The first-order chi connectivity index (χ1) is 13.4. The maximum Gasteiger partial charge on any atom is 0.419 e. The molecule has 11 heteroatoms. The molecule has 0 spiro atoms. The standard InChI is InChI=1S/C17H15F3N6O2/c18-17(19,20)13-7-12(9-23-14(13)8-21)28-11-3-1-10(2-4-11)25-16(27)15-22-5-6-24-26-15/h5-7,9-11H,1-4H2,(H,25,27). The van der Waals surface area contributed by atoms with E-state index < -0.39 is 23.3 Å². The fraction of sp³-hybridized carbons (Fsp3) is 0.412. The number of amides is 1. The summed E-state index contributed by atoms with van der Waals surface area (Å²) in [6.45, 7) is 0. The van der Waals surface area contributed by atoms with Crippen molar-refractivity contribution < 1.29 is 22.7 Å². The highest BCUT2D eigenvalue weighted by Crippen LogP contribution is 2.34. The minimum absolute atomic E-state index is 0.0239. The summed E-state index contributed by atoms with van der Waals surface area (Å²) in [5, 5.41) is 18.8. The van der Waals surface area contributed by atoms with E-state index in [1.165, 1.54) is 18.5 Å². The second kappa shape index (κ2) is 8.16. The summed E-state index contributed by atoms with van der Waals surface area (Å²) in [7, 11) is 0. The van der Waals surface area contributed by atoms with Crippen molar-refractivity contribution in [3.05, 3.63) is 41.7 Å². The molecule has 146 valence electrons. The zero-order chi connectivity index (χ0) is 20.1. The number of carbonyl (C=O) groups is 1. The van der Waals surface area contributed by atoms with Gasteiger partial charge in [-0.3, -0.25) is 4.79 Å². The molecule has 2 heterocycles. The van der Waals surface area contributed by atoms with Crippen LogP contribution in [0.1, 0.15) is 47.6 Å². The van der Waals surface area contributed by atoms with E-state index >= 15 is 0 Å². The van der Waals surface area contributed by atoms with Crippen molar-refractivity contribution in [2.75, 3.05) is 0 Å². The van der Waals surface area contributed by atoms with Gasteiger partial charge in [-0.05, 0) is 31.7 Å². The van der Waals surface area contributed by atoms with Crippen LogP contribution in [0.25, 0.3) is 0 Å². The second-order valence-electron chi connectivity index (χ2n) is 6.21. The Labute approximate surface area is 157 Å². The number of aromatic nitrogens is 4. The molecule has 0 unspecified atom stereocenters. The van der Waals surface area contributed by atoms with Crippen molar-refractivity contribution in [3.63, 3.8) is 0 Å². The molecule has 1 N–H and O–H groups in total. The van der Waals surface area contributed by atoms with Crippen LogP contribution in [-0.2, 0) is 6.18 Å². The van der Waals surface area contributed by atoms with Crippen molar-refractivity contribution in [3.8, 4) is 11.8 Å². The van der Waals surface area contributed by atoms with Gasteiger partial charge in [0.2, 0.25) is 5.82 Å². The molecule has 0 radical (unpaired) electrons. The summed E-state index contributed by atoms with van der Waals surface area (Å²) < 4.78 is 44.6. The molecule has 0 atom stereocenters. The first-order valence-corrected chi connectivity index (χ1v) is 8.45. The lowest BCUT2D eigenvalue weighted by Gasteiger charge is -2.29. The number of alkyl halides is 3. The fourth-order valence-corrected chi connectivity index (χ4v) is 2.93. The zero-order valence-electron chi connectivity index (χ0n) is 14.5. The van der Waals surface area contributed by atoms with Gasteiger partial charge in [-0.25, -0.2) is 9.97 Å². The number of hydrogen-bond acceptors (Lipinski definition) is 7. The van der Waals surface area contributed by atoms with Gasteiger partial charge in [0.25, 0.3) is 5.91 Å². The molecular formula is C17H15F3N6O2. The van der Waals surface area contributed by atoms with E-state index in [1.54, 1.807) is 0 Å². The third-order valence-electron chi connectivity index (χ3n) is 4.27. The van der Waals surface area contributed by atoms with Gasteiger partial charge in [-0.2, -0.15) is 23.5 Å². The molecule has 1 fully saturated rings. The van der Waals surface area contributed by atoms with E-state index in [-0.39, 0.29) is 23.7 Å². The number of nitrogens with zero attached hydrogens (tertiary/aromatic N) is 5. The normalized spacial score (nSPS) is 19.5. The number of nitrogens with one attached hydrogen (secondary N) is 1. The molecule has 0 saturated heterocycles. The van der Waals surface area contributed by atoms with Crippen LogP contribution >= 0.6 is 0 Å². The Hall–Kier alpha value is -3.29. The van der Waals surface area contributed by atoms with Crippen molar-refractivity contribution in [1.29, 1.82) is 5.26 Å². The highest BCUT2D eigenvalue weighted by molar-refractivity contribution is 5.90. The third kappa shape index (κ3) is 4.70. The smallest absolute Gasteiger partial charge is 0.419 e. The van der Waals surface area contributed by atoms with E-state index in [2.05, 4.69) is 25.5 Å². The quantitative estimate of drug-likeness (QED) is 0.849. The Morgan fingerprint density at radius 1 is 1.21 bits per heavy atom. The van der Waals surface area contributed by atoms with E-state index in [0.717, 1.165) is 12.3 Å². The van der Waals surface area contributed by atoms with E-state index in [4.69, 9.17) is 10.00 Å². The molecule has 1 aliphatic carbocycles. The summed E-state index contributed by atoms with van der Waals surface area (Å²) in [4.78, 5) is 19.4. The van der Waals surface area contributed by atoms with E-state index in [1.807, 2.05) is 0 Å². The molecule has 2 aromatic heterocycles. The van der Waals surface area contributed by atoms with Crippen molar-refractivity contribution in [1.82, 2.24) is 25.5 Å². The van der Waals surface area contributed by atoms with Gasteiger partial charge in [0, 0.05) is 12.2 Å². The number of halogens is 3. The second-order valence-corrected chi connectivity index (χ2v) is 6.21. The summed E-state index contributed by atoms with van der Waals surface area (Å²) in [5.74, 6) is -0.490. The minimum atomic E-state index is -4.69. The van der Waals surface area contributed by atoms with Gasteiger partial charge in [0.05, 0.1) is 24.1 Å². The summed E-state index contributed by atoms with van der Waals surface area (Å²) >= 11 is 0. The van der Waals surface area contributed by atoms with Crippen LogP contribution in [0.15, 0.2) is 24.7 Å². The van der Waals surface area contributed by atoms with E-state index in [9.17, 15) is 18.0 Å². The number of hydrogen-bond donors (Lipinski definition) is 1. The van der Waals surface area contributed by atoms with Gasteiger partial charge in [-0.15, -0.1) is 5.10 Å². The fourth-order valence-electron chi connectivity index (χ4n) is 2.93. The Bertz CT molecular complexity index is 877. The molecule has 8 nitrogen and oxygen atoms in total. The lowest BCUT2D eigenvalue weighted by atomic mass is 9.93. The van der Waals surface area contributed by atoms with Crippen LogP contribution in [0.2, 0.25) is 0 Å². The molecule has 28 heavy (non-hydrogen) atoms. The van der Waals surface area contributed by atoms with Crippen molar-refractivity contribution >= 4 is 5.91 Å². The predicted molar refractivity (Wildman–Crippen MR) is 87.9 cm³/mol. The van der Waals surface area contributed by atoms with Crippen molar-refractivity contribution in [2.45, 2.75) is 44.0 Å². The summed E-state index contributed by atoms with van der Waals surface area (Å²) in [6.07, 6.45) is 1.11.